The molecule has 0 aliphatic heterocycles. The lowest BCUT2D eigenvalue weighted by Crippen LogP contribution is -2.13. The molecule has 17 heavy (non-hydrogen) atoms. The first-order valence-electron chi connectivity index (χ1n) is 4.74. The van der Waals surface area contributed by atoms with Crippen molar-refractivity contribution in [1.29, 1.82) is 0 Å². The number of nitrogens with one attached hydrogen (secondary N) is 1. The summed E-state index contributed by atoms with van der Waals surface area (Å²) in [6.45, 7) is 0.751. The standard InChI is InChI=1S/C8H11ClN4O4/c9-7-6(13(15)16)8(12-5-11-7)10-1-3-17-4-2-14/h5,14H,1-4H2,(H,10,11,12). The molecular weight excluding hydrogens is 252 g/mol. The maximum atomic E-state index is 10.7. The van der Waals surface area contributed by atoms with Crippen LogP contribution in [-0.2, 0) is 4.74 Å². The summed E-state index contributed by atoms with van der Waals surface area (Å²) in [5, 5.41) is 21.7. The van der Waals surface area contributed by atoms with Crippen molar-refractivity contribution in [1.82, 2.24) is 9.97 Å². The predicted molar refractivity (Wildman–Crippen MR) is 60.1 cm³/mol. The van der Waals surface area contributed by atoms with Crippen molar-refractivity contribution in [3.63, 3.8) is 0 Å². The molecule has 0 aliphatic carbocycles. The average Bonchev–Trinajstić information content (AvgIpc) is 2.28. The summed E-state index contributed by atoms with van der Waals surface area (Å²) in [4.78, 5) is 17.3. The molecular formula is C8H11ClN4O4. The van der Waals surface area contributed by atoms with E-state index in [0.29, 0.717) is 13.2 Å². The third kappa shape index (κ3) is 4.10. The summed E-state index contributed by atoms with van der Waals surface area (Å²) in [5.74, 6) is 0.0441. The van der Waals surface area contributed by atoms with Crippen molar-refractivity contribution in [2.45, 2.75) is 0 Å². The maximum Gasteiger partial charge on any atom is 0.348 e. The van der Waals surface area contributed by atoms with Crippen LogP contribution in [-0.4, -0.2) is 46.4 Å². The SMILES string of the molecule is O=[N+]([O-])c1c(Cl)ncnc1NCCOCCO. The van der Waals surface area contributed by atoms with Crippen LogP contribution in [0.2, 0.25) is 5.15 Å². The summed E-state index contributed by atoms with van der Waals surface area (Å²) in [5.41, 5.74) is -0.365. The van der Waals surface area contributed by atoms with Crippen molar-refractivity contribution in [3.8, 4) is 0 Å². The summed E-state index contributed by atoms with van der Waals surface area (Å²) in [6.07, 6.45) is 1.13. The fourth-order valence-electron chi connectivity index (χ4n) is 1.06. The first kappa shape index (κ1) is 13.6. The van der Waals surface area contributed by atoms with Gasteiger partial charge in [-0.1, -0.05) is 11.6 Å². The van der Waals surface area contributed by atoms with Gasteiger partial charge in [-0.25, -0.2) is 9.97 Å². The van der Waals surface area contributed by atoms with Gasteiger partial charge in [-0.15, -0.1) is 0 Å². The second kappa shape index (κ2) is 6.94. The normalized spacial score (nSPS) is 10.2. The molecule has 0 bridgehead atoms. The Morgan fingerprint density at radius 2 is 2.29 bits per heavy atom. The highest BCUT2D eigenvalue weighted by molar-refractivity contribution is 6.31. The Morgan fingerprint density at radius 3 is 2.94 bits per heavy atom. The van der Waals surface area contributed by atoms with Crippen LogP contribution >= 0.6 is 11.6 Å². The highest BCUT2D eigenvalue weighted by Gasteiger charge is 2.20. The Morgan fingerprint density at radius 1 is 1.53 bits per heavy atom. The largest absolute Gasteiger partial charge is 0.394 e. The number of nitro groups is 1. The molecule has 0 atom stereocenters. The number of hydrogen-bond donors (Lipinski definition) is 2. The molecule has 8 nitrogen and oxygen atoms in total. The molecule has 1 aromatic heterocycles. The van der Waals surface area contributed by atoms with Gasteiger partial charge in [0.05, 0.1) is 24.7 Å². The number of ether oxygens (including phenoxy) is 1. The van der Waals surface area contributed by atoms with E-state index in [0.717, 1.165) is 6.33 Å². The molecule has 0 aliphatic rings. The van der Waals surface area contributed by atoms with E-state index in [2.05, 4.69) is 15.3 Å². The fourth-order valence-corrected chi connectivity index (χ4v) is 1.26. The van der Waals surface area contributed by atoms with Crippen LogP contribution in [0.25, 0.3) is 0 Å². The van der Waals surface area contributed by atoms with Crippen LogP contribution in [0.1, 0.15) is 0 Å². The molecule has 1 heterocycles. The summed E-state index contributed by atoms with van der Waals surface area (Å²) < 4.78 is 4.98. The van der Waals surface area contributed by atoms with Crippen molar-refractivity contribution >= 4 is 23.1 Å². The van der Waals surface area contributed by atoms with Gasteiger partial charge < -0.3 is 15.2 Å². The lowest BCUT2D eigenvalue weighted by molar-refractivity contribution is -0.384. The molecule has 1 rings (SSSR count). The molecule has 0 amide bonds. The van der Waals surface area contributed by atoms with E-state index in [4.69, 9.17) is 21.4 Å². The zero-order valence-electron chi connectivity index (χ0n) is 8.80. The zero-order chi connectivity index (χ0) is 12.7. The van der Waals surface area contributed by atoms with Crippen molar-refractivity contribution in [3.05, 3.63) is 21.6 Å². The van der Waals surface area contributed by atoms with E-state index < -0.39 is 4.92 Å². The smallest absolute Gasteiger partial charge is 0.348 e. The van der Waals surface area contributed by atoms with Gasteiger partial charge in [-0.2, -0.15) is 0 Å². The van der Waals surface area contributed by atoms with Crippen LogP contribution in [0.5, 0.6) is 0 Å². The zero-order valence-corrected chi connectivity index (χ0v) is 9.55. The number of aromatic nitrogens is 2. The van der Waals surface area contributed by atoms with Gasteiger partial charge in [0.1, 0.15) is 6.33 Å². The van der Waals surface area contributed by atoms with Gasteiger partial charge in [-0.05, 0) is 0 Å². The Kier molecular flexibility index (Phi) is 5.53. The van der Waals surface area contributed by atoms with Crippen LogP contribution in [0.15, 0.2) is 6.33 Å². The predicted octanol–water partition coefficient (Wildman–Crippen LogP) is 0.459. The van der Waals surface area contributed by atoms with Gasteiger partial charge in [0.15, 0.2) is 0 Å². The Hall–Kier alpha value is -1.51. The molecule has 0 saturated heterocycles. The Balaban J connectivity index is 2.58. The molecule has 0 saturated carbocycles. The van der Waals surface area contributed by atoms with Crippen LogP contribution in [0.3, 0.4) is 0 Å². The van der Waals surface area contributed by atoms with E-state index in [1.165, 1.54) is 0 Å². The van der Waals surface area contributed by atoms with Gasteiger partial charge in [-0.3, -0.25) is 10.1 Å². The topological polar surface area (TPSA) is 110 Å². The summed E-state index contributed by atoms with van der Waals surface area (Å²) in [6, 6.07) is 0. The lowest BCUT2D eigenvalue weighted by atomic mass is 10.4. The van der Waals surface area contributed by atoms with Crippen molar-refractivity contribution in [2.75, 3.05) is 31.7 Å². The fraction of sp³-hybridized carbons (Fsp3) is 0.500. The number of anilines is 1. The molecule has 94 valence electrons. The third-order valence-corrected chi connectivity index (χ3v) is 2.01. The average molecular weight is 263 g/mol. The number of halogens is 1. The quantitative estimate of drug-likeness (QED) is 0.318. The maximum absolute atomic E-state index is 10.7. The van der Waals surface area contributed by atoms with E-state index in [9.17, 15) is 10.1 Å². The lowest BCUT2D eigenvalue weighted by Gasteiger charge is -2.06. The van der Waals surface area contributed by atoms with Crippen LogP contribution < -0.4 is 5.32 Å². The molecule has 2 N–H and O–H groups in total. The first-order chi connectivity index (χ1) is 8.16. The van der Waals surface area contributed by atoms with E-state index in [1.807, 2.05) is 0 Å². The molecule has 0 spiro atoms. The minimum atomic E-state index is -0.654. The van der Waals surface area contributed by atoms with Gasteiger partial charge >= 0.3 is 5.69 Å². The molecule has 9 heteroatoms. The molecule has 0 radical (unpaired) electrons. The van der Waals surface area contributed by atoms with Crippen molar-refractivity contribution in [2.24, 2.45) is 0 Å². The molecule has 1 aromatic rings. The monoisotopic (exact) mass is 262 g/mol. The summed E-state index contributed by atoms with van der Waals surface area (Å²) >= 11 is 5.59. The van der Waals surface area contributed by atoms with Crippen molar-refractivity contribution < 1.29 is 14.8 Å². The number of aliphatic hydroxyl groups excluding tert-OH is 1. The van der Waals surface area contributed by atoms with E-state index in [1.54, 1.807) is 0 Å². The van der Waals surface area contributed by atoms with Gasteiger partial charge in [0, 0.05) is 6.54 Å². The second-order valence-electron chi connectivity index (χ2n) is 2.88. The minimum Gasteiger partial charge on any atom is -0.394 e. The molecule has 0 fully saturated rings. The summed E-state index contributed by atoms with van der Waals surface area (Å²) in [7, 11) is 0. The number of rotatable bonds is 7. The van der Waals surface area contributed by atoms with Gasteiger partial charge in [0.2, 0.25) is 11.0 Å². The van der Waals surface area contributed by atoms with Crippen LogP contribution in [0.4, 0.5) is 11.5 Å². The Bertz CT molecular complexity index is 390. The highest BCUT2D eigenvalue weighted by Crippen LogP contribution is 2.27. The third-order valence-electron chi connectivity index (χ3n) is 1.73. The highest BCUT2D eigenvalue weighted by atomic mass is 35.5. The van der Waals surface area contributed by atoms with E-state index >= 15 is 0 Å². The second-order valence-corrected chi connectivity index (χ2v) is 3.24. The number of nitrogens with zero attached hydrogens (tertiary/aromatic N) is 3. The molecule has 0 aromatic carbocycles. The van der Waals surface area contributed by atoms with E-state index in [-0.39, 0.29) is 29.9 Å². The molecule has 0 unspecified atom stereocenters. The van der Waals surface area contributed by atoms with Crippen LogP contribution in [0, 0.1) is 10.1 Å². The Labute approximate surface area is 102 Å². The minimum absolute atomic E-state index is 0.0441. The van der Waals surface area contributed by atoms with Gasteiger partial charge in [0.25, 0.3) is 0 Å². The first-order valence-corrected chi connectivity index (χ1v) is 5.12. The number of hydrogen-bond acceptors (Lipinski definition) is 7. The number of aliphatic hydroxyl groups is 1.